The van der Waals surface area contributed by atoms with Crippen LogP contribution in [0, 0.1) is 0 Å². The fraction of sp³-hybridized carbons (Fsp3) is 0.648. The van der Waals surface area contributed by atoms with Crippen molar-refractivity contribution in [2.45, 2.75) is 148 Å². The van der Waals surface area contributed by atoms with Crippen LogP contribution in [0.25, 0.3) is 22.3 Å². The number of carbonyl (C=O) groups is 1. The van der Waals surface area contributed by atoms with Crippen molar-refractivity contribution in [3.8, 4) is 39.5 Å². The highest BCUT2D eigenvalue weighted by molar-refractivity contribution is 5.77. The topological polar surface area (TPSA) is 186 Å². The molecule has 0 radical (unpaired) electrons. The van der Waals surface area contributed by atoms with Crippen molar-refractivity contribution in [1.82, 2.24) is 5.06 Å². The second kappa shape index (κ2) is 37.1. The van der Waals surface area contributed by atoms with Crippen molar-refractivity contribution in [3.05, 3.63) is 66.7 Å². The lowest BCUT2D eigenvalue weighted by atomic mass is 9.99. The highest BCUT2D eigenvalue weighted by Gasteiger charge is 2.32. The van der Waals surface area contributed by atoms with E-state index in [0.717, 1.165) is 64.0 Å². The second-order valence-corrected chi connectivity index (χ2v) is 17.3. The summed E-state index contributed by atoms with van der Waals surface area (Å²) in [5.41, 5.74) is 4.11. The number of amides is 1. The van der Waals surface area contributed by atoms with Gasteiger partial charge in [-0.1, -0.05) is 140 Å². The Morgan fingerprint density at radius 3 is 1.40 bits per heavy atom. The van der Waals surface area contributed by atoms with Crippen LogP contribution in [0.4, 0.5) is 0 Å². The van der Waals surface area contributed by atoms with E-state index in [1.54, 1.807) is 0 Å². The SMILES string of the molecule is CCCCCCCCCCOc1ccc(-c2ccc(-c3ccc(OCCCCCCCCCC)cc3)c(OCCOCCOCCOCCON(C[C@H](O)[C@@H](O)[C@H](O)[C@H](O)CO)C(C)=O)c2)cc1. The number of hydroxylamine groups is 2. The van der Waals surface area contributed by atoms with E-state index in [1.165, 1.54) is 96.8 Å². The molecule has 3 aromatic carbocycles. The maximum Gasteiger partial charge on any atom is 0.243 e. The lowest BCUT2D eigenvalue weighted by Crippen LogP contribution is -2.50. The zero-order valence-electron chi connectivity index (χ0n) is 41.4. The maximum absolute atomic E-state index is 11.9. The molecule has 14 heteroatoms. The third-order valence-corrected chi connectivity index (χ3v) is 11.6. The van der Waals surface area contributed by atoms with E-state index >= 15 is 0 Å². The van der Waals surface area contributed by atoms with Crippen LogP contribution in [0.15, 0.2) is 66.7 Å². The third kappa shape index (κ3) is 24.6. The van der Waals surface area contributed by atoms with Gasteiger partial charge in [-0.25, -0.2) is 5.06 Å². The summed E-state index contributed by atoms with van der Waals surface area (Å²) in [5, 5.41) is 49.3. The molecule has 0 aliphatic heterocycles. The Balaban J connectivity index is 1.44. The minimum Gasteiger partial charge on any atom is -0.494 e. The van der Waals surface area contributed by atoms with Crippen LogP contribution in [0.5, 0.6) is 17.2 Å². The number of hydrogen-bond donors (Lipinski definition) is 5. The van der Waals surface area contributed by atoms with Gasteiger partial charge in [0.15, 0.2) is 0 Å². The predicted octanol–water partition coefficient (Wildman–Crippen LogP) is 8.70. The van der Waals surface area contributed by atoms with Crippen molar-refractivity contribution in [2.24, 2.45) is 0 Å². The summed E-state index contributed by atoms with van der Waals surface area (Å²) in [7, 11) is 0. The van der Waals surface area contributed by atoms with Crippen LogP contribution in [0.2, 0.25) is 0 Å². The second-order valence-electron chi connectivity index (χ2n) is 17.3. The Hall–Kier alpha value is -3.83. The maximum atomic E-state index is 11.9. The molecular weight excluding hydrogens is 871 g/mol. The molecule has 0 aliphatic carbocycles. The zero-order chi connectivity index (χ0) is 49.0. The van der Waals surface area contributed by atoms with Gasteiger partial charge in [0.1, 0.15) is 48.3 Å². The number of aliphatic hydroxyl groups excluding tert-OH is 5. The molecule has 3 rings (SSSR count). The van der Waals surface area contributed by atoms with Crippen LogP contribution in [0.3, 0.4) is 0 Å². The van der Waals surface area contributed by atoms with Crippen molar-refractivity contribution in [2.75, 3.05) is 79.2 Å². The van der Waals surface area contributed by atoms with Crippen LogP contribution in [-0.4, -0.2) is 140 Å². The van der Waals surface area contributed by atoms with Crippen LogP contribution in [-0.2, 0) is 23.8 Å². The first-order valence-electron chi connectivity index (χ1n) is 25.4. The van der Waals surface area contributed by atoms with Gasteiger partial charge in [0.05, 0.1) is 72.6 Å². The molecule has 1 amide bonds. The van der Waals surface area contributed by atoms with Crippen molar-refractivity contribution in [3.63, 3.8) is 0 Å². The highest BCUT2D eigenvalue weighted by atomic mass is 16.7. The standard InChI is InChI=1S/C54H85NO13/c1-4-6-8-10-12-14-16-18-30-65-47-25-20-44(21-26-47)46-24-29-49(45-22-27-48(28-23-45)66-31-19-17-15-13-11-9-7-5-2)52(40-46)67-38-36-63-34-32-62-33-35-64-37-39-68-55(43(3)57)41-50(58)53(60)54(61)51(59)42-56/h20-29,40,50-51,53-54,56,58-61H,4-19,30-39,41-42H2,1-3H3/t50-,51+,53+,54+/m0/s1. The Labute approximate surface area is 406 Å². The molecule has 3 aromatic rings. The molecule has 68 heavy (non-hydrogen) atoms. The van der Waals surface area contributed by atoms with Crippen LogP contribution in [0.1, 0.15) is 124 Å². The largest absolute Gasteiger partial charge is 0.494 e. The smallest absolute Gasteiger partial charge is 0.243 e. The molecule has 4 atom stereocenters. The van der Waals surface area contributed by atoms with Gasteiger partial charge in [0.2, 0.25) is 5.91 Å². The normalized spacial score (nSPS) is 13.2. The van der Waals surface area contributed by atoms with E-state index < -0.39 is 43.5 Å². The van der Waals surface area contributed by atoms with E-state index in [-0.39, 0.29) is 19.8 Å². The summed E-state index contributed by atoms with van der Waals surface area (Å²) in [6, 6.07) is 22.8. The summed E-state index contributed by atoms with van der Waals surface area (Å²) in [4.78, 5) is 17.3. The summed E-state index contributed by atoms with van der Waals surface area (Å²) < 4.78 is 35.5. The Bertz CT molecular complexity index is 1700. The highest BCUT2D eigenvalue weighted by Crippen LogP contribution is 2.36. The monoisotopic (exact) mass is 956 g/mol. The number of unbranched alkanes of at least 4 members (excludes halogenated alkanes) is 14. The molecule has 0 aromatic heterocycles. The lowest BCUT2D eigenvalue weighted by Gasteiger charge is -2.29. The number of ether oxygens (including phenoxy) is 6. The summed E-state index contributed by atoms with van der Waals surface area (Å²) in [5.74, 6) is 1.94. The van der Waals surface area contributed by atoms with Gasteiger partial charge in [-0.2, -0.15) is 0 Å². The molecule has 0 fully saturated rings. The van der Waals surface area contributed by atoms with Crippen molar-refractivity contribution < 1.29 is 63.6 Å². The number of rotatable bonds is 42. The average molecular weight is 956 g/mol. The van der Waals surface area contributed by atoms with Crippen molar-refractivity contribution in [1.29, 1.82) is 0 Å². The Morgan fingerprint density at radius 2 is 0.912 bits per heavy atom. The Morgan fingerprint density at radius 1 is 0.485 bits per heavy atom. The van der Waals surface area contributed by atoms with Crippen LogP contribution >= 0.6 is 0 Å². The first kappa shape index (κ1) is 58.5. The molecule has 14 nitrogen and oxygen atoms in total. The minimum absolute atomic E-state index is 0.0300. The number of carbonyl (C=O) groups excluding carboxylic acids is 1. The molecule has 0 unspecified atom stereocenters. The third-order valence-electron chi connectivity index (χ3n) is 11.6. The first-order chi connectivity index (χ1) is 33.2. The van der Waals surface area contributed by atoms with E-state index in [9.17, 15) is 25.2 Å². The van der Waals surface area contributed by atoms with Gasteiger partial charge in [-0.15, -0.1) is 0 Å². The van der Waals surface area contributed by atoms with E-state index in [0.29, 0.717) is 39.6 Å². The number of aliphatic hydroxyl groups is 5. The summed E-state index contributed by atoms with van der Waals surface area (Å²) >= 11 is 0. The van der Waals surface area contributed by atoms with Crippen LogP contribution < -0.4 is 14.2 Å². The zero-order valence-corrected chi connectivity index (χ0v) is 41.4. The summed E-state index contributed by atoms with van der Waals surface area (Å²) in [6.07, 6.45) is 13.3. The molecular formula is C54H85NO13. The van der Waals surface area contributed by atoms with Gasteiger partial charge in [-0.05, 0) is 59.9 Å². The molecule has 0 spiro atoms. The predicted molar refractivity (Wildman–Crippen MR) is 266 cm³/mol. The van der Waals surface area contributed by atoms with E-state index in [4.69, 9.17) is 38.4 Å². The number of hydrogen-bond acceptors (Lipinski definition) is 13. The minimum atomic E-state index is -1.81. The number of benzene rings is 3. The van der Waals surface area contributed by atoms with Gasteiger partial charge in [-0.3, -0.25) is 9.63 Å². The van der Waals surface area contributed by atoms with Gasteiger partial charge < -0.3 is 54.0 Å². The Kier molecular flexibility index (Phi) is 31.9. The van der Waals surface area contributed by atoms with E-state index in [1.807, 2.05) is 24.3 Å². The fourth-order valence-corrected chi connectivity index (χ4v) is 7.46. The molecule has 384 valence electrons. The molecule has 0 heterocycles. The summed E-state index contributed by atoms with van der Waals surface area (Å²) in [6.45, 7) is 7.93. The number of nitrogens with zero attached hydrogens (tertiary/aromatic N) is 1. The van der Waals surface area contributed by atoms with E-state index in [2.05, 4.69) is 56.3 Å². The van der Waals surface area contributed by atoms with Gasteiger partial charge in [0, 0.05) is 12.5 Å². The molecule has 0 bridgehead atoms. The molecule has 0 saturated heterocycles. The van der Waals surface area contributed by atoms with Crippen molar-refractivity contribution >= 4 is 5.91 Å². The lowest BCUT2D eigenvalue weighted by molar-refractivity contribution is -0.204. The fourth-order valence-electron chi connectivity index (χ4n) is 7.46. The molecule has 5 N–H and O–H groups in total. The quantitative estimate of drug-likeness (QED) is 0.0269. The van der Waals surface area contributed by atoms with Gasteiger partial charge >= 0.3 is 0 Å². The van der Waals surface area contributed by atoms with Gasteiger partial charge in [0.25, 0.3) is 0 Å². The average Bonchev–Trinajstić information content (AvgIpc) is 3.35. The first-order valence-corrected chi connectivity index (χ1v) is 25.4. The molecule has 0 aliphatic rings. The molecule has 0 saturated carbocycles.